The molecule has 0 atom stereocenters. The van der Waals surface area contributed by atoms with Gasteiger partial charge in [-0.05, 0) is 144 Å². The number of aryl methyl sites for hydroxylation is 1. The summed E-state index contributed by atoms with van der Waals surface area (Å²) in [5, 5.41) is 6.83. The molecule has 0 saturated heterocycles. The van der Waals surface area contributed by atoms with Crippen molar-refractivity contribution in [1.29, 1.82) is 0 Å². The summed E-state index contributed by atoms with van der Waals surface area (Å²) in [6, 6.07) is 75.5. The molecule has 2 aliphatic carbocycles. The zero-order valence-corrected chi connectivity index (χ0v) is 38.2. The van der Waals surface area contributed by atoms with Crippen LogP contribution in [0.2, 0.25) is 0 Å². The predicted octanol–water partition coefficient (Wildman–Crippen LogP) is 17.6. The molecule has 9 aromatic carbocycles. The first-order valence-electron chi connectivity index (χ1n) is 23.8. The van der Waals surface area contributed by atoms with E-state index in [-0.39, 0.29) is 5.41 Å². The van der Waals surface area contributed by atoms with Crippen molar-refractivity contribution < 1.29 is 0 Å². The Morgan fingerprint density at radius 3 is 1.80 bits per heavy atom. The smallest absolute Gasteiger partial charge is 0.0714 e. The Morgan fingerprint density at radius 2 is 1.09 bits per heavy atom. The molecule has 65 heavy (non-hydrogen) atoms. The van der Waals surface area contributed by atoms with Crippen LogP contribution >= 0.6 is 0 Å². The van der Waals surface area contributed by atoms with Crippen molar-refractivity contribution in [2.45, 2.75) is 76.5 Å². The van der Waals surface area contributed by atoms with E-state index in [0.717, 1.165) is 11.4 Å². The molecule has 1 N–H and O–H groups in total. The van der Waals surface area contributed by atoms with Gasteiger partial charge in [0.25, 0.3) is 0 Å². The molecule has 0 bridgehead atoms. The van der Waals surface area contributed by atoms with Crippen molar-refractivity contribution in [1.82, 2.24) is 0 Å². The zero-order chi connectivity index (χ0) is 44.1. The maximum atomic E-state index is 4.12. The van der Waals surface area contributed by atoms with Gasteiger partial charge in [0.1, 0.15) is 0 Å². The molecule has 9 aromatic rings. The normalized spacial score (nSPS) is 14.5. The van der Waals surface area contributed by atoms with Crippen LogP contribution < -0.4 is 5.32 Å². The largest absolute Gasteiger partial charge is 0.355 e. The van der Waals surface area contributed by atoms with Crippen molar-refractivity contribution in [2.75, 3.05) is 5.32 Å². The molecular weight excluding hydrogens is 783 g/mol. The van der Waals surface area contributed by atoms with E-state index >= 15 is 0 Å². The zero-order valence-electron chi connectivity index (χ0n) is 38.2. The highest BCUT2D eigenvalue weighted by molar-refractivity contribution is 6.03. The number of benzene rings is 9. The van der Waals surface area contributed by atoms with Crippen LogP contribution in [0.25, 0.3) is 55.3 Å². The van der Waals surface area contributed by atoms with Crippen LogP contribution in [-0.4, -0.2) is 0 Å². The third-order valence-corrected chi connectivity index (χ3v) is 14.6. The molecule has 0 spiro atoms. The Balaban J connectivity index is 1.15. The van der Waals surface area contributed by atoms with Gasteiger partial charge >= 0.3 is 0 Å². The van der Waals surface area contributed by atoms with Gasteiger partial charge in [-0.2, -0.15) is 0 Å². The summed E-state index contributed by atoms with van der Waals surface area (Å²) >= 11 is 0. The summed E-state index contributed by atoms with van der Waals surface area (Å²) < 4.78 is 0. The molecule has 0 unspecified atom stereocenters. The van der Waals surface area contributed by atoms with Gasteiger partial charge in [0.15, 0.2) is 0 Å². The molecule has 1 saturated carbocycles. The predicted molar refractivity (Wildman–Crippen MR) is 277 cm³/mol. The Hall–Kier alpha value is -6.96. The fourth-order valence-electron chi connectivity index (χ4n) is 11.5. The van der Waals surface area contributed by atoms with Crippen molar-refractivity contribution in [2.24, 2.45) is 0 Å². The fourth-order valence-corrected chi connectivity index (χ4v) is 11.5. The lowest BCUT2D eigenvalue weighted by molar-refractivity contribution is 0.445. The van der Waals surface area contributed by atoms with E-state index in [1.54, 1.807) is 0 Å². The molecule has 0 amide bonds. The number of para-hydroxylation sites is 1. The highest BCUT2D eigenvalue weighted by Crippen LogP contribution is 2.59. The molecule has 1 nitrogen and oxygen atoms in total. The average molecular weight is 840 g/mol. The monoisotopic (exact) mass is 839 g/mol. The number of hydrogen-bond acceptors (Lipinski definition) is 1. The van der Waals surface area contributed by atoms with Gasteiger partial charge in [0, 0.05) is 16.9 Å². The van der Waals surface area contributed by atoms with Gasteiger partial charge in [-0.1, -0.05) is 216 Å². The van der Waals surface area contributed by atoms with Crippen molar-refractivity contribution >= 4 is 22.1 Å². The second-order valence-corrected chi connectivity index (χ2v) is 19.6. The first-order valence-corrected chi connectivity index (χ1v) is 23.8. The van der Waals surface area contributed by atoms with E-state index in [9.17, 15) is 0 Å². The Bertz CT molecular complexity index is 3150. The van der Waals surface area contributed by atoms with Crippen LogP contribution in [0, 0.1) is 6.92 Å². The lowest BCUT2D eigenvalue weighted by atomic mass is 9.67. The SMILES string of the molecule is Cc1cc(C(C)(C)C)ccc1-c1cccc(-c2cc(Nc3ccccc3-c3cccc4cccc(C5CCCCC5)c34)cc3c2-c2ccccc2C3(c2ccccc2)c2ccccc2)c1. The van der Waals surface area contributed by atoms with Crippen LogP contribution in [0.5, 0.6) is 0 Å². The fraction of sp³-hybridized carbons (Fsp3) is 0.188. The number of rotatable bonds is 8. The van der Waals surface area contributed by atoms with Crippen molar-refractivity contribution in [3.63, 3.8) is 0 Å². The standard InChI is InChI=1S/C64H57N/c1-43-39-50(63(2,3)4)37-38-52(43)46-25-18-26-47(40-46)57-41-51(42-59-62(57)56-32-14-16-35-58(56)64(59,48-27-10-6-11-28-48)49-29-12-7-13-30-49)65-60-36-17-15-31-54(60)55-34-20-24-45-23-19-33-53(61(45)55)44-21-8-5-9-22-44/h6-7,10-20,23-42,44,65H,5,8-9,21-22H2,1-4H3. The molecule has 0 aromatic heterocycles. The number of anilines is 2. The maximum absolute atomic E-state index is 4.12. The number of hydrogen-bond donors (Lipinski definition) is 1. The summed E-state index contributed by atoms with van der Waals surface area (Å²) in [6.45, 7) is 9.14. The molecular formula is C64H57N. The molecule has 1 fully saturated rings. The third kappa shape index (κ3) is 7.10. The second-order valence-electron chi connectivity index (χ2n) is 19.6. The molecule has 318 valence electrons. The van der Waals surface area contributed by atoms with E-state index in [2.05, 4.69) is 233 Å². The summed E-state index contributed by atoms with van der Waals surface area (Å²) in [5.41, 5.74) is 21.0. The number of nitrogens with one attached hydrogen (secondary N) is 1. The maximum Gasteiger partial charge on any atom is 0.0714 e. The van der Waals surface area contributed by atoms with Gasteiger partial charge in [-0.3, -0.25) is 0 Å². The molecule has 0 heterocycles. The highest BCUT2D eigenvalue weighted by Gasteiger charge is 2.47. The van der Waals surface area contributed by atoms with Crippen molar-refractivity contribution in [3.8, 4) is 44.5 Å². The second kappa shape index (κ2) is 16.5. The Labute approximate surface area is 385 Å². The van der Waals surface area contributed by atoms with Gasteiger partial charge < -0.3 is 5.32 Å². The molecule has 11 rings (SSSR count). The Kier molecular flexibility index (Phi) is 10.4. The molecule has 1 heteroatoms. The van der Waals surface area contributed by atoms with Crippen LogP contribution in [0.15, 0.2) is 200 Å². The van der Waals surface area contributed by atoms with E-state index < -0.39 is 5.41 Å². The summed E-state index contributed by atoms with van der Waals surface area (Å²) in [6.07, 6.45) is 6.50. The summed E-state index contributed by atoms with van der Waals surface area (Å²) in [4.78, 5) is 0. The summed E-state index contributed by atoms with van der Waals surface area (Å²) in [5.74, 6) is 0.592. The van der Waals surface area contributed by atoms with Gasteiger partial charge in [-0.25, -0.2) is 0 Å². The van der Waals surface area contributed by atoms with Crippen LogP contribution in [0.3, 0.4) is 0 Å². The third-order valence-electron chi connectivity index (χ3n) is 14.6. The van der Waals surface area contributed by atoms with E-state index in [1.165, 1.54) is 126 Å². The molecule has 2 aliphatic rings. The molecule has 0 radical (unpaired) electrons. The van der Waals surface area contributed by atoms with E-state index in [1.807, 2.05) is 0 Å². The quantitative estimate of drug-likeness (QED) is 0.161. The van der Waals surface area contributed by atoms with Crippen LogP contribution in [0.1, 0.15) is 97.7 Å². The average Bonchev–Trinajstić information content (AvgIpc) is 3.65. The van der Waals surface area contributed by atoms with E-state index in [4.69, 9.17) is 0 Å². The Morgan fingerprint density at radius 1 is 0.477 bits per heavy atom. The van der Waals surface area contributed by atoms with Crippen LogP contribution in [-0.2, 0) is 10.8 Å². The lowest BCUT2D eigenvalue weighted by Gasteiger charge is -2.34. The van der Waals surface area contributed by atoms with Gasteiger partial charge in [0.2, 0.25) is 0 Å². The van der Waals surface area contributed by atoms with Gasteiger partial charge in [0.05, 0.1) is 5.41 Å². The first-order chi connectivity index (χ1) is 31.8. The minimum atomic E-state index is -0.554. The minimum Gasteiger partial charge on any atom is -0.355 e. The van der Waals surface area contributed by atoms with Gasteiger partial charge in [-0.15, -0.1) is 0 Å². The molecule has 0 aliphatic heterocycles. The van der Waals surface area contributed by atoms with Crippen molar-refractivity contribution in [3.05, 3.63) is 239 Å². The van der Waals surface area contributed by atoms with Crippen LogP contribution in [0.4, 0.5) is 11.4 Å². The highest BCUT2D eigenvalue weighted by atomic mass is 14.9. The first kappa shape index (κ1) is 40.8. The topological polar surface area (TPSA) is 12.0 Å². The number of fused-ring (bicyclic) bond motifs is 4. The lowest BCUT2D eigenvalue weighted by Crippen LogP contribution is -2.28. The summed E-state index contributed by atoms with van der Waals surface area (Å²) in [7, 11) is 0. The minimum absolute atomic E-state index is 0.0838. The van der Waals surface area contributed by atoms with E-state index in [0.29, 0.717) is 5.92 Å².